The summed E-state index contributed by atoms with van der Waals surface area (Å²) in [6.07, 6.45) is 3.55. The van der Waals surface area contributed by atoms with Crippen LogP contribution in [0, 0.1) is 6.92 Å². The van der Waals surface area contributed by atoms with Crippen LogP contribution in [-0.2, 0) is 12.8 Å². The van der Waals surface area contributed by atoms with Gasteiger partial charge in [-0.2, -0.15) is 0 Å². The maximum atomic E-state index is 11.4. The zero-order chi connectivity index (χ0) is 27.8. The van der Waals surface area contributed by atoms with Crippen molar-refractivity contribution < 1.29 is 4.79 Å². The number of fused-ring (bicyclic) bond motifs is 1. The molecule has 0 saturated heterocycles. The Morgan fingerprint density at radius 3 is 2.11 bits per heavy atom. The first-order valence-corrected chi connectivity index (χ1v) is 13.6. The van der Waals surface area contributed by atoms with Gasteiger partial charge in [0.1, 0.15) is 0 Å². The van der Waals surface area contributed by atoms with Gasteiger partial charge in [-0.25, -0.2) is 5.84 Å². The molecule has 36 heavy (non-hydrogen) atoms. The highest BCUT2D eigenvalue weighted by molar-refractivity contribution is 8.14. The van der Waals surface area contributed by atoms with Crippen molar-refractivity contribution in [2.75, 3.05) is 10.8 Å². The topological polar surface area (TPSA) is 72.3 Å². The molecular formula is C31H47N3OS. The Hall–Kier alpha value is -2.76. The van der Waals surface area contributed by atoms with E-state index in [-0.39, 0.29) is 5.12 Å². The zero-order valence-corrected chi connectivity index (χ0v) is 24.5. The molecule has 4 N–H and O–H groups in total. The van der Waals surface area contributed by atoms with Gasteiger partial charge in [-0.15, -0.1) is 6.58 Å². The molecule has 4 nitrogen and oxygen atoms in total. The number of benzene rings is 2. The number of nitrogens with zero attached hydrogens (tertiary/aromatic N) is 1. The number of hydrogen-bond acceptors (Lipinski definition) is 5. The van der Waals surface area contributed by atoms with Crippen LogP contribution in [0.25, 0.3) is 0 Å². The quantitative estimate of drug-likeness (QED) is 0.184. The minimum Gasteiger partial charge on any atom is -0.397 e. The van der Waals surface area contributed by atoms with Crippen molar-refractivity contribution in [3.05, 3.63) is 100 Å². The molecule has 2 aromatic carbocycles. The fraction of sp³-hybridized carbons (Fsp3) is 0.387. The lowest BCUT2D eigenvalue weighted by Gasteiger charge is -2.23. The molecule has 0 bridgehead atoms. The van der Waals surface area contributed by atoms with Crippen molar-refractivity contribution in [3.63, 3.8) is 0 Å². The highest BCUT2D eigenvalue weighted by atomic mass is 32.2. The van der Waals surface area contributed by atoms with Crippen LogP contribution in [0.1, 0.15) is 81.9 Å². The summed E-state index contributed by atoms with van der Waals surface area (Å²) in [7, 11) is 0. The van der Waals surface area contributed by atoms with Crippen LogP contribution in [0.5, 0.6) is 0 Å². The fourth-order valence-corrected chi connectivity index (χ4v) is 3.82. The van der Waals surface area contributed by atoms with Crippen LogP contribution >= 0.6 is 11.8 Å². The van der Waals surface area contributed by atoms with E-state index >= 15 is 0 Å². The number of allylic oxidation sites excluding steroid dienone is 2. The average Bonchev–Trinajstić information content (AvgIpc) is 3.32. The van der Waals surface area contributed by atoms with E-state index in [9.17, 15) is 4.79 Å². The Bertz CT molecular complexity index is 1030. The number of hydrogen-bond donors (Lipinski definition) is 2. The molecule has 0 radical (unpaired) electrons. The maximum absolute atomic E-state index is 11.4. The molecular weight excluding hydrogens is 462 g/mol. The van der Waals surface area contributed by atoms with Crippen LogP contribution in [0.15, 0.2) is 78.2 Å². The van der Waals surface area contributed by atoms with Crippen molar-refractivity contribution in [2.45, 2.75) is 74.7 Å². The van der Waals surface area contributed by atoms with Gasteiger partial charge in [0.05, 0.1) is 17.1 Å². The second-order valence-corrected chi connectivity index (χ2v) is 10.1. The largest absolute Gasteiger partial charge is 0.397 e. The standard InChI is InChI=1S/C15H21N3.C10H12OS.C4H8.C2H6/c1-10(2)15(16)11(3)18(17)14-8-7-12-5-4-6-13(12)9-14;1-3-12-10(11)9-6-4-5-8(2)7-9;1-4(2)3;1-2/h7-9H,3-6,16-17H2,1-2H3;4-7H,3H2,1-2H3;1H2,2-3H3;1-2H3. The third-order valence-corrected chi connectivity index (χ3v) is 5.82. The average molecular weight is 510 g/mol. The third-order valence-electron chi connectivity index (χ3n) is 5.03. The summed E-state index contributed by atoms with van der Waals surface area (Å²) in [5.74, 6) is 6.93. The molecule has 0 unspecified atom stereocenters. The summed E-state index contributed by atoms with van der Waals surface area (Å²) in [6.45, 7) is 23.4. The van der Waals surface area contributed by atoms with Crippen molar-refractivity contribution >= 4 is 22.6 Å². The molecule has 3 rings (SSSR count). The third kappa shape index (κ3) is 11.8. The highest BCUT2D eigenvalue weighted by Crippen LogP contribution is 2.27. The number of anilines is 1. The number of rotatable bonds is 5. The first kappa shape index (κ1) is 33.2. The number of aryl methyl sites for hydroxylation is 3. The van der Waals surface area contributed by atoms with Gasteiger partial charge < -0.3 is 5.73 Å². The van der Waals surface area contributed by atoms with Crippen molar-refractivity contribution in [3.8, 4) is 0 Å². The van der Waals surface area contributed by atoms with E-state index in [1.165, 1.54) is 41.3 Å². The van der Waals surface area contributed by atoms with Crippen LogP contribution in [0.3, 0.4) is 0 Å². The fourth-order valence-electron chi connectivity index (χ4n) is 3.27. The van der Waals surface area contributed by atoms with E-state index in [0.717, 1.165) is 34.6 Å². The predicted octanol–water partition coefficient (Wildman–Crippen LogP) is 8.12. The smallest absolute Gasteiger partial charge is 0.219 e. The van der Waals surface area contributed by atoms with E-state index < -0.39 is 0 Å². The lowest BCUT2D eigenvalue weighted by Crippen LogP contribution is -2.32. The number of hydrazine groups is 1. The van der Waals surface area contributed by atoms with E-state index in [4.69, 9.17) is 11.6 Å². The highest BCUT2D eigenvalue weighted by Gasteiger charge is 2.14. The Morgan fingerprint density at radius 2 is 1.58 bits per heavy atom. The Morgan fingerprint density at radius 1 is 1.00 bits per heavy atom. The van der Waals surface area contributed by atoms with Crippen LogP contribution in [0.2, 0.25) is 0 Å². The van der Waals surface area contributed by atoms with Gasteiger partial charge in [-0.05, 0) is 89.0 Å². The minimum atomic E-state index is 0.168. The molecule has 0 atom stereocenters. The van der Waals surface area contributed by atoms with Crippen molar-refractivity contribution in [1.29, 1.82) is 0 Å². The molecule has 1 aliphatic carbocycles. The number of carbonyl (C=O) groups is 1. The summed E-state index contributed by atoms with van der Waals surface area (Å²) >= 11 is 1.35. The normalized spacial score (nSPS) is 10.7. The molecule has 0 fully saturated rings. The molecule has 0 saturated carbocycles. The van der Waals surface area contributed by atoms with Crippen LogP contribution in [0.4, 0.5) is 5.69 Å². The molecule has 0 amide bonds. The Labute approximate surface area is 224 Å². The first-order valence-electron chi connectivity index (χ1n) is 12.6. The number of carbonyl (C=O) groups excluding carboxylic acids is 1. The minimum absolute atomic E-state index is 0.168. The van der Waals surface area contributed by atoms with Gasteiger partial charge in [0.2, 0.25) is 5.12 Å². The first-order chi connectivity index (χ1) is 17.0. The van der Waals surface area contributed by atoms with Gasteiger partial charge >= 0.3 is 0 Å². The summed E-state index contributed by atoms with van der Waals surface area (Å²) in [5.41, 5.74) is 15.2. The van der Waals surface area contributed by atoms with Crippen molar-refractivity contribution in [2.24, 2.45) is 11.6 Å². The monoisotopic (exact) mass is 509 g/mol. The second-order valence-electron chi connectivity index (χ2n) is 8.83. The molecule has 2 aromatic rings. The SMILES string of the molecule is C=C(C(N)=C(C)C)N(N)c1ccc2c(c1)CCC2.C=C(C)C.CC.CCSC(=O)c1cccc(C)c1. The lowest BCUT2D eigenvalue weighted by molar-refractivity contribution is 0.108. The van der Waals surface area contributed by atoms with Gasteiger partial charge in [0, 0.05) is 5.56 Å². The van der Waals surface area contributed by atoms with Crippen LogP contribution in [-0.4, -0.2) is 10.9 Å². The summed E-state index contributed by atoms with van der Waals surface area (Å²) in [5, 5.41) is 1.74. The van der Waals surface area contributed by atoms with Gasteiger partial charge in [-0.1, -0.05) is 80.1 Å². The second kappa shape index (κ2) is 17.6. The van der Waals surface area contributed by atoms with E-state index in [1.54, 1.807) is 5.01 Å². The van der Waals surface area contributed by atoms with Crippen LogP contribution < -0.4 is 16.6 Å². The molecule has 5 heteroatoms. The van der Waals surface area contributed by atoms with E-state index in [0.29, 0.717) is 11.4 Å². The molecule has 0 spiro atoms. The summed E-state index contributed by atoms with van der Waals surface area (Å²) in [4.78, 5) is 11.4. The molecule has 0 aromatic heterocycles. The Kier molecular flexibility index (Phi) is 16.3. The number of thioether (sulfide) groups is 1. The predicted molar refractivity (Wildman–Crippen MR) is 162 cm³/mol. The lowest BCUT2D eigenvalue weighted by atomic mass is 10.1. The van der Waals surface area contributed by atoms with Gasteiger partial charge in [-0.3, -0.25) is 9.80 Å². The summed E-state index contributed by atoms with van der Waals surface area (Å²) in [6, 6.07) is 14.0. The van der Waals surface area contributed by atoms with E-state index in [1.807, 2.05) is 85.7 Å². The number of nitrogens with two attached hydrogens (primary N) is 2. The van der Waals surface area contributed by atoms with Gasteiger partial charge in [0.25, 0.3) is 0 Å². The van der Waals surface area contributed by atoms with Crippen molar-refractivity contribution in [1.82, 2.24) is 0 Å². The summed E-state index contributed by atoms with van der Waals surface area (Å²) < 4.78 is 0. The maximum Gasteiger partial charge on any atom is 0.219 e. The Balaban J connectivity index is 0.000000588. The molecule has 0 aliphatic heterocycles. The van der Waals surface area contributed by atoms with E-state index in [2.05, 4.69) is 25.3 Å². The molecule has 0 heterocycles. The molecule has 1 aliphatic rings. The van der Waals surface area contributed by atoms with Gasteiger partial charge in [0.15, 0.2) is 0 Å². The molecule has 198 valence electrons. The zero-order valence-electron chi connectivity index (χ0n) is 23.7.